The van der Waals surface area contributed by atoms with Crippen LogP contribution in [0.5, 0.6) is 0 Å². The highest BCUT2D eigenvalue weighted by atomic mass is 32.2. The summed E-state index contributed by atoms with van der Waals surface area (Å²) in [6, 6.07) is 6.16. The predicted molar refractivity (Wildman–Crippen MR) is 75.1 cm³/mol. The molecular formula is C13H17NO5S. The molecule has 0 aliphatic heterocycles. The van der Waals surface area contributed by atoms with Gasteiger partial charge in [-0.2, -0.15) is 0 Å². The van der Waals surface area contributed by atoms with Gasteiger partial charge in [0.15, 0.2) is 5.78 Å². The second kappa shape index (κ2) is 7.04. The molecule has 110 valence electrons. The van der Waals surface area contributed by atoms with Crippen LogP contribution < -0.4 is 4.72 Å². The minimum Gasteiger partial charge on any atom is -0.466 e. The summed E-state index contributed by atoms with van der Waals surface area (Å²) >= 11 is 0. The molecule has 1 aromatic rings. The van der Waals surface area contributed by atoms with Gasteiger partial charge in [-0.25, -0.2) is 8.42 Å². The standard InChI is InChI=1S/C13H17NO5S/c1-3-19-13(16)7-8-20(17,18)14-12-6-4-5-11(9-12)10(2)15/h4-6,9,14H,3,7-8H2,1-2H3. The number of sulfonamides is 1. The summed E-state index contributed by atoms with van der Waals surface area (Å²) < 4.78 is 30.6. The van der Waals surface area contributed by atoms with Crippen molar-refractivity contribution in [3.63, 3.8) is 0 Å². The predicted octanol–water partition coefficient (Wildman–Crippen LogP) is 1.58. The zero-order chi connectivity index (χ0) is 15.2. The average molecular weight is 299 g/mol. The van der Waals surface area contributed by atoms with E-state index in [0.717, 1.165) is 0 Å². The van der Waals surface area contributed by atoms with E-state index in [1.165, 1.54) is 19.1 Å². The summed E-state index contributed by atoms with van der Waals surface area (Å²) in [5.41, 5.74) is 0.706. The van der Waals surface area contributed by atoms with Crippen molar-refractivity contribution in [2.45, 2.75) is 20.3 Å². The monoisotopic (exact) mass is 299 g/mol. The number of Topliss-reactive ketones (excluding diaryl/α,β-unsaturated/α-hetero) is 1. The van der Waals surface area contributed by atoms with Gasteiger partial charge in [0.05, 0.1) is 18.8 Å². The van der Waals surface area contributed by atoms with Crippen molar-refractivity contribution < 1.29 is 22.7 Å². The van der Waals surface area contributed by atoms with Crippen molar-refractivity contribution >= 4 is 27.5 Å². The molecule has 0 aliphatic rings. The van der Waals surface area contributed by atoms with E-state index in [9.17, 15) is 18.0 Å². The van der Waals surface area contributed by atoms with Crippen LogP contribution in [0.25, 0.3) is 0 Å². The van der Waals surface area contributed by atoms with Crippen molar-refractivity contribution in [1.29, 1.82) is 0 Å². The summed E-state index contributed by atoms with van der Waals surface area (Å²) in [6.07, 6.45) is -0.213. The Labute approximate surface area is 118 Å². The van der Waals surface area contributed by atoms with E-state index in [1.807, 2.05) is 0 Å². The minimum absolute atomic E-state index is 0.155. The smallest absolute Gasteiger partial charge is 0.306 e. The number of anilines is 1. The van der Waals surface area contributed by atoms with Gasteiger partial charge in [0.2, 0.25) is 10.0 Å². The summed E-state index contributed by atoms with van der Waals surface area (Å²) in [4.78, 5) is 22.3. The molecule has 7 heteroatoms. The lowest BCUT2D eigenvalue weighted by molar-refractivity contribution is -0.142. The second-order valence-electron chi connectivity index (χ2n) is 4.11. The Kier molecular flexibility index (Phi) is 5.69. The largest absolute Gasteiger partial charge is 0.466 e. The molecule has 0 heterocycles. The van der Waals surface area contributed by atoms with Crippen LogP contribution in [-0.2, 0) is 19.6 Å². The number of carbonyl (C=O) groups is 2. The van der Waals surface area contributed by atoms with Gasteiger partial charge < -0.3 is 4.74 Å². The fourth-order valence-electron chi connectivity index (χ4n) is 1.48. The third kappa shape index (κ3) is 5.40. The maximum absolute atomic E-state index is 11.8. The molecule has 0 unspecified atom stereocenters. The van der Waals surface area contributed by atoms with Crippen LogP contribution >= 0.6 is 0 Å². The van der Waals surface area contributed by atoms with Crippen molar-refractivity contribution in [3.8, 4) is 0 Å². The number of hydrogen-bond donors (Lipinski definition) is 1. The highest BCUT2D eigenvalue weighted by Crippen LogP contribution is 2.13. The number of nitrogens with one attached hydrogen (secondary N) is 1. The Bertz CT molecular complexity index is 595. The van der Waals surface area contributed by atoms with E-state index in [0.29, 0.717) is 11.3 Å². The Morgan fingerprint density at radius 1 is 1.30 bits per heavy atom. The van der Waals surface area contributed by atoms with E-state index in [1.54, 1.807) is 19.1 Å². The Morgan fingerprint density at radius 2 is 2.00 bits per heavy atom. The number of esters is 1. The topological polar surface area (TPSA) is 89.5 Å². The zero-order valence-electron chi connectivity index (χ0n) is 11.4. The lowest BCUT2D eigenvalue weighted by atomic mass is 10.1. The molecule has 0 aromatic heterocycles. The van der Waals surface area contributed by atoms with Crippen molar-refractivity contribution in [2.75, 3.05) is 17.1 Å². The van der Waals surface area contributed by atoms with Crippen LogP contribution in [0.1, 0.15) is 30.6 Å². The normalized spacial score (nSPS) is 10.9. The number of hydrogen-bond acceptors (Lipinski definition) is 5. The highest BCUT2D eigenvalue weighted by molar-refractivity contribution is 7.92. The third-order valence-electron chi connectivity index (χ3n) is 2.42. The van der Waals surface area contributed by atoms with E-state index in [-0.39, 0.29) is 24.6 Å². The number of benzene rings is 1. The SMILES string of the molecule is CCOC(=O)CCS(=O)(=O)Nc1cccc(C(C)=O)c1. The van der Waals surface area contributed by atoms with Crippen LogP contribution in [0.15, 0.2) is 24.3 Å². The molecule has 0 aliphatic carbocycles. The first-order valence-corrected chi connectivity index (χ1v) is 7.76. The zero-order valence-corrected chi connectivity index (χ0v) is 12.2. The van der Waals surface area contributed by atoms with Crippen LogP contribution in [0.2, 0.25) is 0 Å². The molecule has 0 bridgehead atoms. The molecule has 1 N–H and O–H groups in total. The summed E-state index contributed by atoms with van der Waals surface area (Å²) in [6.45, 7) is 3.26. The first-order chi connectivity index (χ1) is 9.34. The molecule has 0 saturated heterocycles. The molecule has 0 amide bonds. The van der Waals surface area contributed by atoms with Crippen LogP contribution in [-0.4, -0.2) is 32.5 Å². The lowest BCUT2D eigenvalue weighted by Crippen LogP contribution is -2.20. The first kappa shape index (κ1) is 16.2. The second-order valence-corrected chi connectivity index (χ2v) is 5.95. The minimum atomic E-state index is -3.65. The van der Waals surface area contributed by atoms with Crippen LogP contribution in [0, 0.1) is 0 Å². The quantitative estimate of drug-likeness (QED) is 0.610. The number of ether oxygens (including phenoxy) is 1. The molecule has 0 fully saturated rings. The molecule has 0 saturated carbocycles. The summed E-state index contributed by atoms with van der Waals surface area (Å²) in [7, 11) is -3.65. The highest BCUT2D eigenvalue weighted by Gasteiger charge is 2.14. The number of ketones is 1. The Hall–Kier alpha value is -1.89. The van der Waals surface area contributed by atoms with Gasteiger partial charge in [0.25, 0.3) is 0 Å². The van der Waals surface area contributed by atoms with E-state index in [2.05, 4.69) is 9.46 Å². The van der Waals surface area contributed by atoms with Gasteiger partial charge >= 0.3 is 5.97 Å². The fraction of sp³-hybridized carbons (Fsp3) is 0.385. The maximum atomic E-state index is 11.8. The average Bonchev–Trinajstić information content (AvgIpc) is 2.37. The van der Waals surface area contributed by atoms with Crippen molar-refractivity contribution in [2.24, 2.45) is 0 Å². The van der Waals surface area contributed by atoms with Gasteiger partial charge in [-0.05, 0) is 26.0 Å². The van der Waals surface area contributed by atoms with Gasteiger partial charge in [-0.3, -0.25) is 14.3 Å². The van der Waals surface area contributed by atoms with Crippen molar-refractivity contribution in [3.05, 3.63) is 29.8 Å². The fourth-order valence-corrected chi connectivity index (χ4v) is 2.51. The maximum Gasteiger partial charge on any atom is 0.306 e. The van der Waals surface area contributed by atoms with Crippen LogP contribution in [0.4, 0.5) is 5.69 Å². The first-order valence-electron chi connectivity index (χ1n) is 6.11. The molecule has 1 aromatic carbocycles. The molecule has 20 heavy (non-hydrogen) atoms. The van der Waals surface area contributed by atoms with Gasteiger partial charge in [-0.15, -0.1) is 0 Å². The van der Waals surface area contributed by atoms with Gasteiger partial charge in [0, 0.05) is 11.3 Å². The van der Waals surface area contributed by atoms with Crippen molar-refractivity contribution in [1.82, 2.24) is 0 Å². The summed E-state index contributed by atoms with van der Waals surface area (Å²) in [5.74, 6) is -1.08. The third-order valence-corrected chi connectivity index (χ3v) is 3.71. The number of rotatable bonds is 7. The van der Waals surface area contributed by atoms with Gasteiger partial charge in [-0.1, -0.05) is 12.1 Å². The van der Waals surface area contributed by atoms with E-state index in [4.69, 9.17) is 0 Å². The van der Waals surface area contributed by atoms with Gasteiger partial charge in [0.1, 0.15) is 0 Å². The molecular weight excluding hydrogens is 282 g/mol. The molecule has 0 atom stereocenters. The lowest BCUT2D eigenvalue weighted by Gasteiger charge is -2.08. The van der Waals surface area contributed by atoms with E-state index >= 15 is 0 Å². The van der Waals surface area contributed by atoms with E-state index < -0.39 is 16.0 Å². The summed E-state index contributed by atoms with van der Waals surface area (Å²) in [5, 5.41) is 0. The molecule has 0 spiro atoms. The van der Waals surface area contributed by atoms with Crippen LogP contribution in [0.3, 0.4) is 0 Å². The molecule has 1 rings (SSSR count). The Balaban J connectivity index is 2.69. The Morgan fingerprint density at radius 3 is 2.60 bits per heavy atom. The number of carbonyl (C=O) groups excluding carboxylic acids is 2. The molecule has 6 nitrogen and oxygen atoms in total. The molecule has 0 radical (unpaired) electrons.